The van der Waals surface area contributed by atoms with Gasteiger partial charge in [0.2, 0.25) is 11.8 Å². The molecule has 0 bridgehead atoms. The van der Waals surface area contributed by atoms with Crippen LogP contribution in [0.5, 0.6) is 0 Å². The number of rotatable bonds is 4. The molecule has 5 nitrogen and oxygen atoms in total. The molecule has 0 aromatic heterocycles. The minimum atomic E-state index is -0.515. The second-order valence-electron chi connectivity index (χ2n) is 3.81. The molecular weight excluding hydrogens is 232 g/mol. The Morgan fingerprint density at radius 2 is 2.06 bits per heavy atom. The number of carbonyl (C=O) groups excluding carboxylic acids is 2. The van der Waals surface area contributed by atoms with Crippen molar-refractivity contribution in [1.29, 1.82) is 0 Å². The first-order valence-corrected chi connectivity index (χ1v) is 5.50. The summed E-state index contributed by atoms with van der Waals surface area (Å²) < 4.78 is 4.98. The highest BCUT2D eigenvalue weighted by atomic mass is 16.6. The lowest BCUT2D eigenvalue weighted by Crippen LogP contribution is -2.16. The SMILES string of the molecule is NC(=O)CCC1=N/C(=C/c2ccccc2)OC1=O. The van der Waals surface area contributed by atoms with E-state index in [2.05, 4.69) is 4.99 Å². The van der Waals surface area contributed by atoms with Crippen LogP contribution in [-0.2, 0) is 14.3 Å². The third-order valence-electron chi connectivity index (χ3n) is 2.38. The van der Waals surface area contributed by atoms with Crippen LogP contribution in [0.3, 0.4) is 0 Å². The molecule has 92 valence electrons. The summed E-state index contributed by atoms with van der Waals surface area (Å²) >= 11 is 0. The van der Waals surface area contributed by atoms with Gasteiger partial charge < -0.3 is 10.5 Å². The predicted octanol–water partition coefficient (Wildman–Crippen LogP) is 1.25. The molecule has 0 atom stereocenters. The second-order valence-corrected chi connectivity index (χ2v) is 3.81. The van der Waals surface area contributed by atoms with Gasteiger partial charge in [-0.3, -0.25) is 4.79 Å². The van der Waals surface area contributed by atoms with E-state index in [4.69, 9.17) is 10.5 Å². The monoisotopic (exact) mass is 244 g/mol. The number of hydrogen-bond acceptors (Lipinski definition) is 4. The van der Waals surface area contributed by atoms with Crippen LogP contribution in [0.4, 0.5) is 0 Å². The summed E-state index contributed by atoms with van der Waals surface area (Å²) in [5.41, 5.74) is 6.14. The van der Waals surface area contributed by atoms with Gasteiger partial charge in [0.05, 0.1) is 0 Å². The Morgan fingerprint density at radius 1 is 1.33 bits per heavy atom. The Kier molecular flexibility index (Phi) is 3.52. The van der Waals surface area contributed by atoms with Crippen LogP contribution < -0.4 is 5.73 Å². The Morgan fingerprint density at radius 3 is 2.72 bits per heavy atom. The Balaban J connectivity index is 2.11. The molecule has 0 saturated heterocycles. The first-order valence-electron chi connectivity index (χ1n) is 5.50. The van der Waals surface area contributed by atoms with E-state index in [9.17, 15) is 9.59 Å². The predicted molar refractivity (Wildman–Crippen MR) is 66.4 cm³/mol. The van der Waals surface area contributed by atoms with E-state index < -0.39 is 11.9 Å². The fraction of sp³-hybridized carbons (Fsp3) is 0.154. The molecule has 1 aromatic rings. The lowest BCUT2D eigenvalue weighted by Gasteiger charge is -1.94. The van der Waals surface area contributed by atoms with Gasteiger partial charge in [0.1, 0.15) is 5.71 Å². The molecular formula is C13H12N2O3. The van der Waals surface area contributed by atoms with Crippen molar-refractivity contribution in [1.82, 2.24) is 0 Å². The van der Waals surface area contributed by atoms with Crippen LogP contribution in [0.15, 0.2) is 41.2 Å². The summed E-state index contributed by atoms with van der Waals surface area (Å²) in [6.07, 6.45) is 1.96. The quantitative estimate of drug-likeness (QED) is 0.809. The van der Waals surface area contributed by atoms with Gasteiger partial charge in [0.25, 0.3) is 0 Å². The number of primary amides is 1. The van der Waals surface area contributed by atoms with E-state index in [1.54, 1.807) is 6.08 Å². The van der Waals surface area contributed by atoms with Crippen LogP contribution in [0.25, 0.3) is 6.08 Å². The van der Waals surface area contributed by atoms with Crippen molar-refractivity contribution in [3.63, 3.8) is 0 Å². The zero-order valence-corrected chi connectivity index (χ0v) is 9.63. The highest BCUT2D eigenvalue weighted by Gasteiger charge is 2.23. The van der Waals surface area contributed by atoms with Gasteiger partial charge in [0.15, 0.2) is 0 Å². The summed E-state index contributed by atoms with van der Waals surface area (Å²) in [4.78, 5) is 26.1. The highest BCUT2D eigenvalue weighted by molar-refractivity contribution is 6.38. The third-order valence-corrected chi connectivity index (χ3v) is 2.38. The number of carbonyl (C=O) groups is 2. The molecule has 2 rings (SSSR count). The van der Waals surface area contributed by atoms with Crippen molar-refractivity contribution < 1.29 is 14.3 Å². The van der Waals surface area contributed by atoms with Crippen LogP contribution >= 0.6 is 0 Å². The standard InChI is InChI=1S/C13H12N2O3/c14-11(16)7-6-10-13(17)18-12(15-10)8-9-4-2-1-3-5-9/h1-5,8H,6-7H2,(H2,14,16)/b12-8-. The van der Waals surface area contributed by atoms with Gasteiger partial charge in [0, 0.05) is 18.9 Å². The summed E-state index contributed by atoms with van der Waals surface area (Å²) in [6, 6.07) is 9.39. The van der Waals surface area contributed by atoms with Gasteiger partial charge in [-0.1, -0.05) is 30.3 Å². The number of benzene rings is 1. The minimum Gasteiger partial charge on any atom is -0.403 e. The van der Waals surface area contributed by atoms with E-state index in [1.165, 1.54) is 0 Å². The van der Waals surface area contributed by atoms with Crippen LogP contribution in [0.1, 0.15) is 18.4 Å². The first-order chi connectivity index (χ1) is 8.65. The molecule has 0 radical (unpaired) electrons. The van der Waals surface area contributed by atoms with Crippen LogP contribution in [-0.4, -0.2) is 17.6 Å². The molecule has 2 N–H and O–H groups in total. The molecule has 5 heteroatoms. The third kappa shape index (κ3) is 3.04. The van der Waals surface area contributed by atoms with Crippen molar-refractivity contribution in [2.75, 3.05) is 0 Å². The molecule has 18 heavy (non-hydrogen) atoms. The Bertz CT molecular complexity index is 532. The van der Waals surface area contributed by atoms with Crippen LogP contribution in [0.2, 0.25) is 0 Å². The Labute approximate surface area is 104 Å². The van der Waals surface area contributed by atoms with Gasteiger partial charge in [-0.15, -0.1) is 0 Å². The zero-order valence-electron chi connectivity index (χ0n) is 9.63. The van der Waals surface area contributed by atoms with Crippen molar-refractivity contribution in [3.05, 3.63) is 41.8 Å². The average molecular weight is 244 g/mol. The molecule has 1 aromatic carbocycles. The maximum absolute atomic E-state index is 11.4. The largest absolute Gasteiger partial charge is 0.403 e. The maximum atomic E-state index is 11.4. The summed E-state index contributed by atoms with van der Waals surface area (Å²) in [5.74, 6) is -0.741. The molecule has 0 saturated carbocycles. The van der Waals surface area contributed by atoms with E-state index >= 15 is 0 Å². The molecule has 0 unspecified atom stereocenters. The molecule has 1 amide bonds. The molecule has 0 aliphatic carbocycles. The smallest absolute Gasteiger partial charge is 0.359 e. The van der Waals surface area contributed by atoms with E-state index in [1.807, 2.05) is 30.3 Å². The second kappa shape index (κ2) is 5.27. The molecule has 1 aliphatic rings. The number of esters is 1. The van der Waals surface area contributed by atoms with Crippen molar-refractivity contribution in [2.24, 2.45) is 10.7 Å². The topological polar surface area (TPSA) is 81.8 Å². The van der Waals surface area contributed by atoms with Crippen LogP contribution in [0, 0.1) is 0 Å². The lowest BCUT2D eigenvalue weighted by atomic mass is 10.2. The Hall–Kier alpha value is -2.43. The molecule has 1 heterocycles. The lowest BCUT2D eigenvalue weighted by molar-refractivity contribution is -0.130. The number of ether oxygens (including phenoxy) is 1. The normalized spacial score (nSPS) is 16.6. The minimum absolute atomic E-state index is 0.0898. The zero-order chi connectivity index (χ0) is 13.0. The van der Waals surface area contributed by atoms with Crippen molar-refractivity contribution in [2.45, 2.75) is 12.8 Å². The summed E-state index contributed by atoms with van der Waals surface area (Å²) in [7, 11) is 0. The van der Waals surface area contributed by atoms with Crippen molar-refractivity contribution >= 4 is 23.7 Å². The van der Waals surface area contributed by atoms with E-state index in [0.717, 1.165) is 5.56 Å². The number of nitrogens with zero attached hydrogens (tertiary/aromatic N) is 1. The average Bonchev–Trinajstić information content (AvgIpc) is 2.68. The maximum Gasteiger partial charge on any atom is 0.359 e. The number of cyclic esters (lactones) is 1. The highest BCUT2D eigenvalue weighted by Crippen LogP contribution is 2.17. The van der Waals surface area contributed by atoms with Gasteiger partial charge >= 0.3 is 5.97 Å². The number of nitrogens with two attached hydrogens (primary N) is 1. The number of amides is 1. The number of aliphatic imine (C=N–C) groups is 1. The fourth-order valence-corrected chi connectivity index (χ4v) is 1.51. The summed E-state index contributed by atoms with van der Waals surface area (Å²) in [5, 5.41) is 0. The van der Waals surface area contributed by atoms with E-state index in [-0.39, 0.29) is 24.4 Å². The van der Waals surface area contributed by atoms with Gasteiger partial charge in [-0.25, -0.2) is 9.79 Å². The first kappa shape index (κ1) is 12.0. The molecule has 1 aliphatic heterocycles. The summed E-state index contributed by atoms with van der Waals surface area (Å²) in [6.45, 7) is 0. The van der Waals surface area contributed by atoms with Crippen molar-refractivity contribution in [3.8, 4) is 0 Å². The van der Waals surface area contributed by atoms with Gasteiger partial charge in [-0.2, -0.15) is 0 Å². The fourth-order valence-electron chi connectivity index (χ4n) is 1.51. The molecule has 0 spiro atoms. The number of hydrogen-bond donors (Lipinski definition) is 1. The van der Waals surface area contributed by atoms with Gasteiger partial charge in [-0.05, 0) is 5.56 Å². The van der Waals surface area contributed by atoms with E-state index in [0.29, 0.717) is 0 Å². The molecule has 0 fully saturated rings.